The molecule has 164 valence electrons. The zero-order valence-electron chi connectivity index (χ0n) is 17.9. The summed E-state index contributed by atoms with van der Waals surface area (Å²) in [5.41, 5.74) is 4.25. The molecule has 2 N–H and O–H groups in total. The SMILES string of the molecule is C=Cc1ccc(C(=O)NC(/C=C/C)=N/NCc2cc(Cl)ccc2OCC(C)C)c(F)c1. The monoisotopic (exact) mass is 443 g/mol. The van der Waals surface area contributed by atoms with Crippen molar-refractivity contribution in [3.8, 4) is 5.75 Å². The van der Waals surface area contributed by atoms with Crippen LogP contribution in [0.2, 0.25) is 5.02 Å². The van der Waals surface area contributed by atoms with Crippen molar-refractivity contribution in [3.05, 3.63) is 82.7 Å². The Hall–Kier alpha value is -3.12. The average Bonchev–Trinajstić information content (AvgIpc) is 2.72. The van der Waals surface area contributed by atoms with Crippen LogP contribution in [0.5, 0.6) is 5.75 Å². The van der Waals surface area contributed by atoms with Gasteiger partial charge in [-0.1, -0.05) is 50.2 Å². The van der Waals surface area contributed by atoms with Crippen molar-refractivity contribution in [1.29, 1.82) is 0 Å². The van der Waals surface area contributed by atoms with Crippen LogP contribution in [0.4, 0.5) is 4.39 Å². The second-order valence-electron chi connectivity index (χ2n) is 7.19. The second-order valence-corrected chi connectivity index (χ2v) is 7.62. The zero-order valence-corrected chi connectivity index (χ0v) is 18.7. The predicted octanol–water partition coefficient (Wildman–Crippen LogP) is 5.57. The van der Waals surface area contributed by atoms with Gasteiger partial charge in [-0.05, 0) is 54.8 Å². The first kappa shape index (κ1) is 24.2. The van der Waals surface area contributed by atoms with Crippen LogP contribution in [0, 0.1) is 11.7 Å². The van der Waals surface area contributed by atoms with Gasteiger partial charge < -0.3 is 15.5 Å². The number of ether oxygens (including phenoxy) is 1. The van der Waals surface area contributed by atoms with Gasteiger partial charge in [-0.3, -0.25) is 4.79 Å². The average molecular weight is 444 g/mol. The van der Waals surface area contributed by atoms with E-state index in [1.54, 1.807) is 37.3 Å². The minimum absolute atomic E-state index is 0.0815. The summed E-state index contributed by atoms with van der Waals surface area (Å²) in [7, 11) is 0. The van der Waals surface area contributed by atoms with E-state index >= 15 is 0 Å². The molecule has 0 saturated heterocycles. The smallest absolute Gasteiger partial charge is 0.259 e. The van der Waals surface area contributed by atoms with Gasteiger partial charge in [-0.25, -0.2) is 4.39 Å². The Morgan fingerprint density at radius 3 is 2.71 bits per heavy atom. The maximum Gasteiger partial charge on any atom is 0.259 e. The molecule has 0 aromatic heterocycles. The van der Waals surface area contributed by atoms with Crippen LogP contribution in [-0.4, -0.2) is 18.3 Å². The lowest BCUT2D eigenvalue weighted by molar-refractivity contribution is 0.0973. The highest BCUT2D eigenvalue weighted by Crippen LogP contribution is 2.23. The maximum atomic E-state index is 14.2. The van der Waals surface area contributed by atoms with Gasteiger partial charge in [0.1, 0.15) is 11.6 Å². The molecule has 31 heavy (non-hydrogen) atoms. The molecule has 0 heterocycles. The van der Waals surface area contributed by atoms with Gasteiger partial charge in [0.2, 0.25) is 0 Å². The first-order chi connectivity index (χ1) is 14.8. The molecule has 0 bridgehead atoms. The van der Waals surface area contributed by atoms with Crippen LogP contribution >= 0.6 is 11.6 Å². The molecular weight excluding hydrogens is 417 g/mol. The van der Waals surface area contributed by atoms with Crippen molar-refractivity contribution >= 4 is 29.4 Å². The summed E-state index contributed by atoms with van der Waals surface area (Å²) in [6, 6.07) is 9.66. The van der Waals surface area contributed by atoms with Crippen LogP contribution in [0.1, 0.15) is 42.3 Å². The van der Waals surface area contributed by atoms with E-state index in [0.717, 1.165) is 5.56 Å². The van der Waals surface area contributed by atoms with Crippen LogP contribution in [0.15, 0.2) is 60.2 Å². The first-order valence-corrected chi connectivity index (χ1v) is 10.3. The maximum absolute atomic E-state index is 14.2. The summed E-state index contributed by atoms with van der Waals surface area (Å²) in [4.78, 5) is 12.5. The summed E-state index contributed by atoms with van der Waals surface area (Å²) >= 11 is 6.11. The number of amidine groups is 1. The third kappa shape index (κ3) is 7.57. The molecular formula is C24H27ClFN3O2. The third-order valence-electron chi connectivity index (χ3n) is 4.10. The molecule has 0 aliphatic carbocycles. The number of hydrazone groups is 1. The number of amides is 1. The molecule has 5 nitrogen and oxygen atoms in total. The Morgan fingerprint density at radius 1 is 1.29 bits per heavy atom. The quantitative estimate of drug-likeness (QED) is 0.302. The highest BCUT2D eigenvalue weighted by molar-refractivity contribution is 6.30. The number of hydrogen-bond donors (Lipinski definition) is 2. The molecule has 0 spiro atoms. The Kier molecular flexibility index (Phi) is 9.28. The molecule has 0 aliphatic rings. The van der Waals surface area contributed by atoms with E-state index in [1.807, 2.05) is 6.07 Å². The molecule has 2 aromatic rings. The van der Waals surface area contributed by atoms with Gasteiger partial charge in [-0.15, -0.1) is 0 Å². The van der Waals surface area contributed by atoms with Crippen molar-refractivity contribution in [2.45, 2.75) is 27.3 Å². The Labute approximate surface area is 187 Å². The standard InChI is InChI=1S/C24H27ClFN3O2/c1-5-7-23(28-24(30)20-10-8-17(6-2)12-21(20)26)29-27-14-18-13-19(25)9-11-22(18)31-15-16(3)4/h5-13,16,27H,2,14-15H2,1,3-4H3,(H,28,29,30)/b7-5+. The molecule has 0 radical (unpaired) electrons. The zero-order chi connectivity index (χ0) is 22.8. The molecule has 0 saturated carbocycles. The van der Waals surface area contributed by atoms with Crippen molar-refractivity contribution in [3.63, 3.8) is 0 Å². The highest BCUT2D eigenvalue weighted by Gasteiger charge is 2.13. The highest BCUT2D eigenvalue weighted by atomic mass is 35.5. The summed E-state index contributed by atoms with van der Waals surface area (Å²) in [6.07, 6.45) is 4.83. The van der Waals surface area contributed by atoms with E-state index in [0.29, 0.717) is 35.4 Å². The number of benzene rings is 2. The van der Waals surface area contributed by atoms with Gasteiger partial charge in [0.05, 0.1) is 18.7 Å². The lowest BCUT2D eigenvalue weighted by Gasteiger charge is -2.14. The van der Waals surface area contributed by atoms with Crippen LogP contribution in [0.3, 0.4) is 0 Å². The van der Waals surface area contributed by atoms with E-state index in [1.165, 1.54) is 18.2 Å². The van der Waals surface area contributed by atoms with E-state index in [9.17, 15) is 9.18 Å². The largest absolute Gasteiger partial charge is 0.493 e. The third-order valence-corrected chi connectivity index (χ3v) is 4.34. The lowest BCUT2D eigenvalue weighted by Crippen LogP contribution is -2.31. The van der Waals surface area contributed by atoms with Crippen LogP contribution in [-0.2, 0) is 6.54 Å². The number of halogens is 2. The summed E-state index contributed by atoms with van der Waals surface area (Å²) < 4.78 is 20.0. The summed E-state index contributed by atoms with van der Waals surface area (Å²) in [5.74, 6) is 0.101. The molecule has 7 heteroatoms. The predicted molar refractivity (Wildman–Crippen MR) is 125 cm³/mol. The molecule has 2 aromatic carbocycles. The normalized spacial score (nSPS) is 11.6. The number of carbonyl (C=O) groups excluding carboxylic acids is 1. The van der Waals surface area contributed by atoms with Gasteiger partial charge in [0.25, 0.3) is 5.91 Å². The van der Waals surface area contributed by atoms with Crippen molar-refractivity contribution < 1.29 is 13.9 Å². The fourth-order valence-electron chi connectivity index (χ4n) is 2.58. The van der Waals surface area contributed by atoms with Crippen molar-refractivity contribution in [2.24, 2.45) is 11.0 Å². The number of allylic oxidation sites excluding steroid dienone is 1. The van der Waals surface area contributed by atoms with Gasteiger partial charge in [0, 0.05) is 10.6 Å². The number of hydrogen-bond acceptors (Lipinski definition) is 4. The van der Waals surface area contributed by atoms with Gasteiger partial charge >= 0.3 is 0 Å². The van der Waals surface area contributed by atoms with Crippen molar-refractivity contribution in [1.82, 2.24) is 10.7 Å². The van der Waals surface area contributed by atoms with Gasteiger partial charge in [0.15, 0.2) is 5.84 Å². The van der Waals surface area contributed by atoms with Crippen molar-refractivity contribution in [2.75, 3.05) is 6.61 Å². The molecule has 0 aliphatic heterocycles. The second kappa shape index (κ2) is 11.9. The fourth-order valence-corrected chi connectivity index (χ4v) is 2.78. The Bertz CT molecular complexity index is 987. The molecule has 0 atom stereocenters. The minimum atomic E-state index is -0.631. The van der Waals surface area contributed by atoms with E-state index in [2.05, 4.69) is 36.3 Å². The molecule has 2 rings (SSSR count). The number of nitrogens with one attached hydrogen (secondary N) is 2. The Morgan fingerprint density at radius 2 is 2.06 bits per heavy atom. The topological polar surface area (TPSA) is 62.7 Å². The molecule has 0 fully saturated rings. The van der Waals surface area contributed by atoms with Gasteiger partial charge in [-0.2, -0.15) is 5.10 Å². The minimum Gasteiger partial charge on any atom is -0.493 e. The van der Waals surface area contributed by atoms with Crippen LogP contribution < -0.4 is 15.5 Å². The lowest BCUT2D eigenvalue weighted by atomic mass is 10.1. The fraction of sp³-hybridized carbons (Fsp3) is 0.250. The summed E-state index contributed by atoms with van der Waals surface area (Å²) in [6.45, 7) is 10.4. The number of carbonyl (C=O) groups is 1. The van der Waals surface area contributed by atoms with E-state index in [4.69, 9.17) is 16.3 Å². The number of rotatable bonds is 9. The Balaban J connectivity index is 2.11. The first-order valence-electron chi connectivity index (χ1n) is 9.91. The van der Waals surface area contributed by atoms with E-state index in [-0.39, 0.29) is 11.4 Å². The molecule has 1 amide bonds. The van der Waals surface area contributed by atoms with E-state index < -0.39 is 11.7 Å². The molecule has 0 unspecified atom stereocenters. The summed E-state index contributed by atoms with van der Waals surface area (Å²) in [5, 5.41) is 7.40. The van der Waals surface area contributed by atoms with Crippen LogP contribution in [0.25, 0.3) is 6.08 Å². The number of nitrogens with zero attached hydrogens (tertiary/aromatic N) is 1.